The number of Topliss-reactive ketones (excluding diaryl/α,β-unsaturated/α-hetero) is 1. The highest BCUT2D eigenvalue weighted by molar-refractivity contribution is 5.84. The first-order valence-corrected chi connectivity index (χ1v) is 5.98. The summed E-state index contributed by atoms with van der Waals surface area (Å²) in [6.07, 6.45) is 2.51. The van der Waals surface area contributed by atoms with Gasteiger partial charge in [-0.05, 0) is 25.2 Å². The maximum Gasteiger partial charge on any atom is 0.408 e. The molecule has 2 atom stereocenters. The summed E-state index contributed by atoms with van der Waals surface area (Å²) in [4.78, 5) is 24.6. The molecule has 90 valence electrons. The Kier molecular flexibility index (Phi) is 2.68. The van der Waals surface area contributed by atoms with E-state index in [1.54, 1.807) is 4.90 Å². The van der Waals surface area contributed by atoms with Crippen LogP contribution in [0.3, 0.4) is 0 Å². The lowest BCUT2D eigenvalue weighted by atomic mass is 9.81. The van der Waals surface area contributed by atoms with Gasteiger partial charge in [0.05, 0.1) is 5.54 Å². The van der Waals surface area contributed by atoms with Gasteiger partial charge in [-0.1, -0.05) is 13.8 Å². The predicted octanol–water partition coefficient (Wildman–Crippen LogP) is 2.28. The Bertz CT molecular complexity index is 326. The Labute approximate surface area is 95.6 Å². The van der Waals surface area contributed by atoms with E-state index >= 15 is 0 Å². The molecule has 2 saturated heterocycles. The van der Waals surface area contributed by atoms with Crippen LogP contribution in [0.4, 0.5) is 4.79 Å². The highest BCUT2D eigenvalue weighted by Crippen LogP contribution is 2.46. The predicted molar refractivity (Wildman–Crippen MR) is 59.3 cm³/mol. The molecular formula is C12H19NO3. The molecule has 2 rings (SSSR count). The molecule has 2 heterocycles. The van der Waals surface area contributed by atoms with E-state index in [2.05, 4.69) is 13.8 Å². The fraction of sp³-hybridized carbons (Fsp3) is 0.833. The quantitative estimate of drug-likeness (QED) is 0.784. The molecule has 2 fully saturated rings. The van der Waals surface area contributed by atoms with E-state index in [9.17, 15) is 14.7 Å². The lowest BCUT2D eigenvalue weighted by Crippen LogP contribution is -2.55. The van der Waals surface area contributed by atoms with Crippen LogP contribution in [0.5, 0.6) is 0 Å². The molecule has 2 aliphatic rings. The lowest BCUT2D eigenvalue weighted by molar-refractivity contribution is -0.126. The molecule has 1 N–H and O–H groups in total. The highest BCUT2D eigenvalue weighted by atomic mass is 16.4. The molecule has 2 aliphatic heterocycles. The minimum absolute atomic E-state index is 0.0579. The monoisotopic (exact) mass is 225 g/mol. The van der Waals surface area contributed by atoms with Crippen molar-refractivity contribution < 1.29 is 14.7 Å². The van der Waals surface area contributed by atoms with Gasteiger partial charge in [0.15, 0.2) is 0 Å². The van der Waals surface area contributed by atoms with E-state index in [1.165, 1.54) is 0 Å². The molecule has 1 amide bonds. The van der Waals surface area contributed by atoms with Crippen LogP contribution < -0.4 is 0 Å². The van der Waals surface area contributed by atoms with Gasteiger partial charge in [-0.3, -0.25) is 9.69 Å². The molecule has 0 aromatic carbocycles. The van der Waals surface area contributed by atoms with E-state index in [0.29, 0.717) is 18.8 Å². The number of carboxylic acid groups (broad SMARTS) is 1. The van der Waals surface area contributed by atoms with Crippen molar-refractivity contribution in [3.05, 3.63) is 0 Å². The van der Waals surface area contributed by atoms with E-state index in [0.717, 1.165) is 19.3 Å². The SMILES string of the molecule is CC(C)CC12CCC(CC(=O)C1)N2C(=O)O. The van der Waals surface area contributed by atoms with Crippen molar-refractivity contribution in [2.24, 2.45) is 5.92 Å². The normalized spacial score (nSPS) is 33.6. The number of fused-ring (bicyclic) bond motifs is 2. The zero-order valence-corrected chi connectivity index (χ0v) is 9.90. The second-order valence-corrected chi connectivity index (χ2v) is 5.59. The maximum absolute atomic E-state index is 11.7. The number of amides is 1. The number of hydrogen-bond acceptors (Lipinski definition) is 2. The second kappa shape index (κ2) is 3.75. The third-order valence-electron chi connectivity index (χ3n) is 3.80. The topological polar surface area (TPSA) is 57.6 Å². The minimum atomic E-state index is -0.851. The van der Waals surface area contributed by atoms with Gasteiger partial charge in [0.25, 0.3) is 0 Å². The van der Waals surface area contributed by atoms with Crippen molar-refractivity contribution in [3.8, 4) is 0 Å². The Morgan fingerprint density at radius 1 is 1.62 bits per heavy atom. The third-order valence-corrected chi connectivity index (χ3v) is 3.80. The Morgan fingerprint density at radius 3 is 2.88 bits per heavy atom. The standard InChI is InChI=1S/C12H19NO3/c1-8(2)6-12-4-3-9(5-10(14)7-12)13(12)11(15)16/h8-9H,3-7H2,1-2H3,(H,15,16). The number of rotatable bonds is 2. The van der Waals surface area contributed by atoms with Crippen molar-refractivity contribution in [2.45, 2.75) is 57.5 Å². The first-order valence-electron chi connectivity index (χ1n) is 5.98. The summed E-state index contributed by atoms with van der Waals surface area (Å²) in [5.74, 6) is 0.659. The summed E-state index contributed by atoms with van der Waals surface area (Å²) >= 11 is 0. The van der Waals surface area contributed by atoms with Gasteiger partial charge in [-0.2, -0.15) is 0 Å². The van der Waals surface area contributed by atoms with E-state index in [1.807, 2.05) is 0 Å². The summed E-state index contributed by atoms with van der Waals surface area (Å²) in [7, 11) is 0. The van der Waals surface area contributed by atoms with Crippen LogP contribution in [0, 0.1) is 5.92 Å². The van der Waals surface area contributed by atoms with Crippen LogP contribution >= 0.6 is 0 Å². The van der Waals surface area contributed by atoms with Crippen molar-refractivity contribution >= 4 is 11.9 Å². The minimum Gasteiger partial charge on any atom is -0.465 e. The Balaban J connectivity index is 2.30. The van der Waals surface area contributed by atoms with Gasteiger partial charge in [0.1, 0.15) is 5.78 Å². The largest absolute Gasteiger partial charge is 0.465 e. The number of ketones is 1. The van der Waals surface area contributed by atoms with Crippen LogP contribution in [0.1, 0.15) is 46.0 Å². The van der Waals surface area contributed by atoms with Crippen molar-refractivity contribution in [2.75, 3.05) is 0 Å². The van der Waals surface area contributed by atoms with Gasteiger partial charge < -0.3 is 5.11 Å². The Morgan fingerprint density at radius 2 is 2.31 bits per heavy atom. The molecule has 0 aromatic heterocycles. The van der Waals surface area contributed by atoms with Gasteiger partial charge >= 0.3 is 6.09 Å². The van der Waals surface area contributed by atoms with Crippen molar-refractivity contribution in [3.63, 3.8) is 0 Å². The summed E-state index contributed by atoms with van der Waals surface area (Å²) in [5, 5.41) is 9.30. The molecule has 0 spiro atoms. The van der Waals surface area contributed by atoms with Crippen LogP contribution in [-0.2, 0) is 4.79 Å². The molecule has 0 aliphatic carbocycles. The molecule has 2 unspecified atom stereocenters. The molecule has 0 aromatic rings. The number of piperidine rings is 1. The maximum atomic E-state index is 11.7. The van der Waals surface area contributed by atoms with Gasteiger partial charge in [0.2, 0.25) is 0 Å². The van der Waals surface area contributed by atoms with Crippen LogP contribution in [0.25, 0.3) is 0 Å². The highest BCUT2D eigenvalue weighted by Gasteiger charge is 2.53. The molecule has 2 bridgehead atoms. The van der Waals surface area contributed by atoms with Crippen molar-refractivity contribution in [1.82, 2.24) is 4.90 Å². The molecule has 0 radical (unpaired) electrons. The van der Waals surface area contributed by atoms with E-state index in [4.69, 9.17) is 0 Å². The fourth-order valence-corrected chi connectivity index (χ4v) is 3.53. The van der Waals surface area contributed by atoms with Gasteiger partial charge in [0, 0.05) is 18.9 Å². The summed E-state index contributed by atoms with van der Waals surface area (Å²) in [6, 6.07) is -0.0579. The first-order chi connectivity index (χ1) is 7.44. The van der Waals surface area contributed by atoms with Crippen molar-refractivity contribution in [1.29, 1.82) is 0 Å². The molecule has 4 nitrogen and oxygen atoms in total. The number of hydrogen-bond donors (Lipinski definition) is 1. The molecule has 16 heavy (non-hydrogen) atoms. The third kappa shape index (κ3) is 1.70. The zero-order valence-electron chi connectivity index (χ0n) is 9.90. The van der Waals surface area contributed by atoms with Crippen LogP contribution in [0.15, 0.2) is 0 Å². The molecular weight excluding hydrogens is 206 g/mol. The van der Waals surface area contributed by atoms with Gasteiger partial charge in [-0.25, -0.2) is 4.79 Å². The zero-order chi connectivity index (χ0) is 11.9. The molecule has 4 heteroatoms. The van der Waals surface area contributed by atoms with E-state index in [-0.39, 0.29) is 17.4 Å². The number of carbonyl (C=O) groups is 2. The fourth-order valence-electron chi connectivity index (χ4n) is 3.53. The number of nitrogens with zero attached hydrogens (tertiary/aromatic N) is 1. The summed E-state index contributed by atoms with van der Waals surface area (Å²) in [6.45, 7) is 4.17. The first kappa shape index (κ1) is 11.4. The summed E-state index contributed by atoms with van der Waals surface area (Å²) < 4.78 is 0. The average Bonchev–Trinajstić information content (AvgIpc) is 2.34. The molecule has 0 saturated carbocycles. The second-order valence-electron chi connectivity index (χ2n) is 5.59. The van der Waals surface area contributed by atoms with E-state index < -0.39 is 6.09 Å². The summed E-state index contributed by atoms with van der Waals surface area (Å²) in [5.41, 5.74) is -0.389. The lowest BCUT2D eigenvalue weighted by Gasteiger charge is -2.43. The van der Waals surface area contributed by atoms with Crippen LogP contribution in [-0.4, -0.2) is 33.5 Å². The average molecular weight is 225 g/mol. The number of carbonyl (C=O) groups excluding carboxylic acids is 1. The smallest absolute Gasteiger partial charge is 0.408 e. The van der Waals surface area contributed by atoms with Crippen LogP contribution in [0.2, 0.25) is 0 Å². The Hall–Kier alpha value is -1.06. The van der Waals surface area contributed by atoms with Gasteiger partial charge in [-0.15, -0.1) is 0 Å².